The van der Waals surface area contributed by atoms with E-state index in [4.69, 9.17) is 4.98 Å². The predicted octanol–water partition coefficient (Wildman–Crippen LogP) is 3.66. The van der Waals surface area contributed by atoms with Gasteiger partial charge >= 0.3 is 0 Å². The van der Waals surface area contributed by atoms with Crippen molar-refractivity contribution in [3.05, 3.63) is 111 Å². The number of hydrogen-bond donors (Lipinski definition) is 0. The van der Waals surface area contributed by atoms with Crippen LogP contribution in [0.4, 0.5) is 5.82 Å². The molecule has 8 nitrogen and oxygen atoms in total. The molecule has 3 heterocycles. The summed E-state index contributed by atoms with van der Waals surface area (Å²) in [7, 11) is -4.12. The van der Waals surface area contributed by atoms with Crippen LogP contribution in [0.15, 0.2) is 93.6 Å². The fourth-order valence-corrected chi connectivity index (χ4v) is 5.82. The zero-order chi connectivity index (χ0) is 26.7. The van der Waals surface area contributed by atoms with Crippen LogP contribution in [0.5, 0.6) is 0 Å². The number of sulfone groups is 1. The van der Waals surface area contributed by atoms with Gasteiger partial charge in [-0.25, -0.2) is 13.4 Å². The molecule has 4 aromatic rings. The highest BCUT2D eigenvalue weighted by molar-refractivity contribution is 7.95. The highest BCUT2D eigenvalue weighted by atomic mass is 32.2. The summed E-state index contributed by atoms with van der Waals surface area (Å²) in [5.41, 5.74) is 2.21. The number of nitriles is 1. The van der Waals surface area contributed by atoms with E-state index in [9.17, 15) is 18.5 Å². The first-order chi connectivity index (χ1) is 18.4. The Kier molecular flexibility index (Phi) is 7.09. The molecule has 1 aliphatic rings. The molecular formula is C29H27N5O3S. The quantitative estimate of drug-likeness (QED) is 0.354. The van der Waals surface area contributed by atoms with Crippen LogP contribution in [0.2, 0.25) is 0 Å². The molecule has 2 aromatic heterocycles. The summed E-state index contributed by atoms with van der Waals surface area (Å²) >= 11 is 0. The lowest BCUT2D eigenvalue weighted by molar-refractivity contribution is 0.249. The fraction of sp³-hybridized carbons (Fsp3) is 0.207. The first kappa shape index (κ1) is 25.4. The Labute approximate surface area is 221 Å². The Morgan fingerprint density at radius 1 is 0.974 bits per heavy atom. The summed E-state index contributed by atoms with van der Waals surface area (Å²) in [5, 5.41) is 9.86. The molecule has 1 saturated heterocycles. The van der Waals surface area contributed by atoms with Gasteiger partial charge in [0.1, 0.15) is 22.4 Å². The van der Waals surface area contributed by atoms with Gasteiger partial charge in [0, 0.05) is 38.9 Å². The standard InChI is InChI=1S/C29H27N5O3S/c1-22-9-8-14-34-27(22)31-28(33-17-15-32(16-18-33)21-23-10-4-2-5-11-23)26(29(34)35)19-25(20-30)38(36,37)24-12-6-3-7-13-24/h2-14,19H,15-18,21H2,1H3/b25-19+. The van der Waals surface area contributed by atoms with Gasteiger partial charge in [-0.05, 0) is 42.3 Å². The van der Waals surface area contributed by atoms with Crippen LogP contribution in [0.3, 0.4) is 0 Å². The molecule has 38 heavy (non-hydrogen) atoms. The van der Waals surface area contributed by atoms with Crippen LogP contribution in [0, 0.1) is 18.3 Å². The average molecular weight is 526 g/mol. The molecule has 0 unspecified atom stereocenters. The molecule has 1 fully saturated rings. The Morgan fingerprint density at radius 2 is 1.63 bits per heavy atom. The normalized spacial score (nSPS) is 14.9. The monoisotopic (exact) mass is 525 g/mol. The van der Waals surface area contributed by atoms with Gasteiger partial charge in [-0.2, -0.15) is 5.26 Å². The van der Waals surface area contributed by atoms with Crippen molar-refractivity contribution in [3.63, 3.8) is 0 Å². The van der Waals surface area contributed by atoms with Gasteiger partial charge < -0.3 is 4.90 Å². The molecular weight excluding hydrogens is 498 g/mol. The van der Waals surface area contributed by atoms with Gasteiger partial charge in [-0.15, -0.1) is 0 Å². The van der Waals surface area contributed by atoms with Gasteiger partial charge in [-0.1, -0.05) is 54.6 Å². The van der Waals surface area contributed by atoms with Crippen LogP contribution < -0.4 is 10.5 Å². The number of anilines is 1. The number of rotatable bonds is 6. The van der Waals surface area contributed by atoms with Gasteiger partial charge in [0.05, 0.1) is 10.5 Å². The van der Waals surface area contributed by atoms with E-state index in [1.54, 1.807) is 30.5 Å². The van der Waals surface area contributed by atoms with Crippen LogP contribution in [0.1, 0.15) is 16.7 Å². The first-order valence-electron chi connectivity index (χ1n) is 12.3. The zero-order valence-electron chi connectivity index (χ0n) is 21.0. The lowest BCUT2D eigenvalue weighted by Crippen LogP contribution is -2.47. The van der Waals surface area contributed by atoms with E-state index in [0.29, 0.717) is 24.6 Å². The van der Waals surface area contributed by atoms with Crippen molar-refractivity contribution in [1.29, 1.82) is 5.26 Å². The Hall–Kier alpha value is -4.26. The second kappa shape index (κ2) is 10.6. The van der Waals surface area contributed by atoms with Crippen molar-refractivity contribution in [2.75, 3.05) is 31.1 Å². The molecule has 5 rings (SSSR count). The summed E-state index contributed by atoms with van der Waals surface area (Å²) in [6, 6.07) is 23.4. The average Bonchev–Trinajstić information content (AvgIpc) is 2.94. The summed E-state index contributed by atoms with van der Waals surface area (Å²) in [5.74, 6) is 0.389. The second-order valence-electron chi connectivity index (χ2n) is 9.22. The number of benzene rings is 2. The molecule has 0 saturated carbocycles. The molecule has 0 radical (unpaired) electrons. The van der Waals surface area contributed by atoms with Gasteiger partial charge in [-0.3, -0.25) is 14.1 Å². The van der Waals surface area contributed by atoms with Gasteiger partial charge in [0.25, 0.3) is 5.56 Å². The molecule has 0 amide bonds. The van der Waals surface area contributed by atoms with E-state index in [1.807, 2.05) is 42.2 Å². The Bertz CT molecular complexity index is 1700. The third-order valence-corrected chi connectivity index (χ3v) is 8.39. The predicted molar refractivity (Wildman–Crippen MR) is 147 cm³/mol. The molecule has 9 heteroatoms. The maximum atomic E-state index is 13.7. The summed E-state index contributed by atoms with van der Waals surface area (Å²) < 4.78 is 27.9. The maximum absolute atomic E-state index is 13.7. The SMILES string of the molecule is Cc1cccn2c(=O)c(/C=C(\C#N)S(=O)(=O)c3ccccc3)c(N3CCN(Cc4ccccc4)CC3)nc12. The molecule has 0 aliphatic carbocycles. The van der Waals surface area contributed by atoms with Gasteiger partial charge in [0.15, 0.2) is 0 Å². The van der Waals surface area contributed by atoms with Crippen LogP contribution in [0.25, 0.3) is 11.7 Å². The van der Waals surface area contributed by atoms with Crippen molar-refractivity contribution in [3.8, 4) is 6.07 Å². The van der Waals surface area contributed by atoms with Gasteiger partial charge in [0.2, 0.25) is 9.84 Å². The minimum Gasteiger partial charge on any atom is -0.353 e. The van der Waals surface area contributed by atoms with E-state index in [0.717, 1.165) is 25.2 Å². The third-order valence-electron chi connectivity index (χ3n) is 6.71. The molecule has 0 bridgehead atoms. The first-order valence-corrected chi connectivity index (χ1v) is 13.8. The van der Waals surface area contributed by atoms with Crippen molar-refractivity contribution < 1.29 is 8.42 Å². The number of fused-ring (bicyclic) bond motifs is 1. The number of nitrogens with zero attached hydrogens (tertiary/aromatic N) is 5. The number of piperazine rings is 1. The topological polar surface area (TPSA) is 98.8 Å². The molecule has 2 aromatic carbocycles. The van der Waals surface area contributed by atoms with Crippen LogP contribution in [-0.4, -0.2) is 48.9 Å². The molecule has 192 valence electrons. The third kappa shape index (κ3) is 4.96. The van der Waals surface area contributed by atoms with Crippen molar-refractivity contribution >= 4 is 27.4 Å². The highest BCUT2D eigenvalue weighted by Gasteiger charge is 2.26. The number of aromatic nitrogens is 2. The Balaban J connectivity index is 1.56. The number of pyridine rings is 1. The van der Waals surface area contributed by atoms with Crippen LogP contribution >= 0.6 is 0 Å². The number of hydrogen-bond acceptors (Lipinski definition) is 7. The maximum Gasteiger partial charge on any atom is 0.267 e. The van der Waals surface area contributed by atoms with E-state index >= 15 is 0 Å². The minimum absolute atomic E-state index is 0.00595. The van der Waals surface area contributed by atoms with E-state index in [1.165, 1.54) is 28.2 Å². The van der Waals surface area contributed by atoms with E-state index < -0.39 is 20.3 Å². The Morgan fingerprint density at radius 3 is 2.29 bits per heavy atom. The van der Waals surface area contributed by atoms with Crippen LogP contribution in [-0.2, 0) is 16.4 Å². The summed E-state index contributed by atoms with van der Waals surface area (Å²) in [4.78, 5) is 22.4. The van der Waals surface area contributed by atoms with Crippen molar-refractivity contribution in [2.45, 2.75) is 18.4 Å². The zero-order valence-corrected chi connectivity index (χ0v) is 21.8. The second-order valence-corrected chi connectivity index (χ2v) is 11.1. The molecule has 0 N–H and O–H groups in total. The number of aryl methyl sites for hydroxylation is 1. The smallest absolute Gasteiger partial charge is 0.267 e. The molecule has 1 aliphatic heterocycles. The summed E-state index contributed by atoms with van der Waals surface area (Å²) in [6.07, 6.45) is 2.78. The lowest BCUT2D eigenvalue weighted by atomic mass is 10.2. The largest absolute Gasteiger partial charge is 0.353 e. The highest BCUT2D eigenvalue weighted by Crippen LogP contribution is 2.26. The fourth-order valence-electron chi connectivity index (χ4n) is 4.65. The van der Waals surface area contributed by atoms with E-state index in [2.05, 4.69) is 17.0 Å². The molecule has 0 atom stereocenters. The number of allylic oxidation sites excluding steroid dienone is 1. The molecule has 0 spiro atoms. The van der Waals surface area contributed by atoms with E-state index in [-0.39, 0.29) is 10.5 Å². The summed E-state index contributed by atoms with van der Waals surface area (Å²) in [6.45, 7) is 5.41. The minimum atomic E-state index is -4.12. The van der Waals surface area contributed by atoms with Crippen molar-refractivity contribution in [1.82, 2.24) is 14.3 Å². The van der Waals surface area contributed by atoms with Crippen molar-refractivity contribution in [2.24, 2.45) is 0 Å². The lowest BCUT2D eigenvalue weighted by Gasteiger charge is -2.36.